The molecule has 0 saturated heterocycles. The van der Waals surface area contributed by atoms with E-state index in [1.165, 1.54) is 44.9 Å². The number of nitrogens with zero attached hydrogens (tertiary/aromatic N) is 4. The molecule has 2 aromatic rings. The predicted octanol–water partition coefficient (Wildman–Crippen LogP) is 2.06. The number of rotatable bonds is 2. The van der Waals surface area contributed by atoms with Gasteiger partial charge in [-0.3, -0.25) is 10.2 Å². The smallest absolute Gasteiger partial charge is 0.218 e. The summed E-state index contributed by atoms with van der Waals surface area (Å²) < 4.78 is 0. The summed E-state index contributed by atoms with van der Waals surface area (Å²) >= 11 is 0. The highest BCUT2D eigenvalue weighted by molar-refractivity contribution is 5.41. The zero-order valence-electron chi connectivity index (χ0n) is 11.3. The van der Waals surface area contributed by atoms with E-state index in [-0.39, 0.29) is 5.41 Å². The Morgan fingerprint density at radius 1 is 1.00 bits per heavy atom. The molecule has 0 atom stereocenters. The van der Waals surface area contributed by atoms with Crippen LogP contribution in [0.2, 0.25) is 0 Å². The fourth-order valence-corrected chi connectivity index (χ4v) is 5.32. The number of nitrogens with one attached hydrogen (secondary N) is 2. The molecule has 104 valence electrons. The summed E-state index contributed by atoms with van der Waals surface area (Å²) in [4.78, 5) is 8.88. The molecule has 6 heteroatoms. The van der Waals surface area contributed by atoms with Gasteiger partial charge in [0.05, 0.1) is 0 Å². The first-order valence-corrected chi connectivity index (χ1v) is 7.59. The summed E-state index contributed by atoms with van der Waals surface area (Å²) in [5.41, 5.74) is 0.264. The van der Waals surface area contributed by atoms with E-state index in [1.54, 1.807) is 0 Å². The van der Waals surface area contributed by atoms with E-state index >= 15 is 0 Å². The van der Waals surface area contributed by atoms with Gasteiger partial charge >= 0.3 is 0 Å². The maximum absolute atomic E-state index is 4.74. The van der Waals surface area contributed by atoms with E-state index in [9.17, 15) is 0 Å². The molecule has 4 saturated carbocycles. The van der Waals surface area contributed by atoms with Crippen molar-refractivity contribution in [2.45, 2.75) is 43.9 Å². The molecule has 4 aliphatic carbocycles. The van der Waals surface area contributed by atoms with Crippen molar-refractivity contribution in [1.82, 2.24) is 30.4 Å². The van der Waals surface area contributed by atoms with Crippen molar-refractivity contribution >= 4 is 0 Å². The lowest BCUT2D eigenvalue weighted by Gasteiger charge is -2.55. The monoisotopic (exact) mass is 270 g/mol. The average molecular weight is 270 g/mol. The molecule has 2 heterocycles. The van der Waals surface area contributed by atoms with E-state index < -0.39 is 0 Å². The summed E-state index contributed by atoms with van der Waals surface area (Å²) in [5, 5.41) is 14.3. The molecule has 4 bridgehead atoms. The maximum atomic E-state index is 4.74. The summed E-state index contributed by atoms with van der Waals surface area (Å²) in [7, 11) is 0. The van der Waals surface area contributed by atoms with Gasteiger partial charge in [0.2, 0.25) is 5.82 Å². The molecular formula is C14H18N6. The van der Waals surface area contributed by atoms with E-state index in [0.717, 1.165) is 23.6 Å². The standard InChI is InChI=1S/C14H18N6/c1-8-2-10-3-9(1)5-14(4-8,6-10)13-17-12(19-20-13)11-15-7-16-18-11/h7-10H,1-6H2,(H,15,16,18)(H,17,19,20). The first kappa shape index (κ1) is 11.0. The molecule has 2 aromatic heterocycles. The Labute approximate surface area is 116 Å². The maximum Gasteiger partial charge on any atom is 0.218 e. The zero-order valence-corrected chi connectivity index (χ0v) is 11.3. The first-order chi connectivity index (χ1) is 9.81. The largest absolute Gasteiger partial charge is 0.262 e. The van der Waals surface area contributed by atoms with E-state index in [4.69, 9.17) is 4.98 Å². The van der Waals surface area contributed by atoms with Gasteiger partial charge < -0.3 is 0 Å². The van der Waals surface area contributed by atoms with Gasteiger partial charge in [0.1, 0.15) is 12.2 Å². The molecule has 6 nitrogen and oxygen atoms in total. The van der Waals surface area contributed by atoms with Crippen molar-refractivity contribution in [2.24, 2.45) is 17.8 Å². The van der Waals surface area contributed by atoms with Gasteiger partial charge in [0.15, 0.2) is 5.82 Å². The Bertz CT molecular complexity index is 593. The third-order valence-corrected chi connectivity index (χ3v) is 5.65. The van der Waals surface area contributed by atoms with Gasteiger partial charge in [-0.25, -0.2) is 9.97 Å². The lowest BCUT2D eigenvalue weighted by molar-refractivity contribution is -0.00920. The number of H-pyrrole nitrogens is 2. The fourth-order valence-electron chi connectivity index (χ4n) is 5.32. The molecule has 0 aromatic carbocycles. The van der Waals surface area contributed by atoms with Crippen molar-refractivity contribution < 1.29 is 0 Å². The molecule has 0 radical (unpaired) electrons. The van der Waals surface area contributed by atoms with E-state index in [0.29, 0.717) is 11.6 Å². The van der Waals surface area contributed by atoms with Crippen molar-refractivity contribution in [3.63, 3.8) is 0 Å². The minimum Gasteiger partial charge on any atom is -0.262 e. The van der Waals surface area contributed by atoms with Crippen molar-refractivity contribution in [3.05, 3.63) is 12.2 Å². The second-order valence-corrected chi connectivity index (χ2v) is 7.04. The fraction of sp³-hybridized carbons (Fsp3) is 0.714. The minimum absolute atomic E-state index is 0.264. The molecule has 0 spiro atoms. The Hall–Kier alpha value is -1.72. The Kier molecular flexibility index (Phi) is 2.02. The van der Waals surface area contributed by atoms with Gasteiger partial charge in [-0.2, -0.15) is 5.10 Å². The quantitative estimate of drug-likeness (QED) is 0.875. The van der Waals surface area contributed by atoms with Gasteiger partial charge in [0.25, 0.3) is 0 Å². The van der Waals surface area contributed by atoms with Gasteiger partial charge in [-0.1, -0.05) is 0 Å². The highest BCUT2D eigenvalue weighted by Gasteiger charge is 2.53. The van der Waals surface area contributed by atoms with Crippen LogP contribution in [0.1, 0.15) is 44.3 Å². The molecule has 6 rings (SSSR count). The van der Waals surface area contributed by atoms with Crippen molar-refractivity contribution in [3.8, 4) is 11.6 Å². The topological polar surface area (TPSA) is 83.1 Å². The van der Waals surface area contributed by atoms with Crippen LogP contribution in [0.15, 0.2) is 6.33 Å². The summed E-state index contributed by atoms with van der Waals surface area (Å²) in [6.45, 7) is 0. The number of hydrogen-bond donors (Lipinski definition) is 2. The van der Waals surface area contributed by atoms with Crippen LogP contribution in [0, 0.1) is 17.8 Å². The number of hydrogen-bond acceptors (Lipinski definition) is 4. The first-order valence-electron chi connectivity index (χ1n) is 7.59. The van der Waals surface area contributed by atoms with Gasteiger partial charge in [-0.05, 0) is 56.3 Å². The SMILES string of the molecule is c1n[nH]c(-c2n[nH]c(C34CC5CC(CC(C5)C3)C4)n2)n1. The van der Waals surface area contributed by atoms with Crippen LogP contribution in [0.4, 0.5) is 0 Å². The highest BCUT2D eigenvalue weighted by atomic mass is 15.3. The lowest BCUT2D eigenvalue weighted by atomic mass is 9.49. The van der Waals surface area contributed by atoms with Crippen LogP contribution in [0.25, 0.3) is 11.6 Å². The summed E-state index contributed by atoms with van der Waals surface area (Å²) in [5.74, 6) is 5.13. The third kappa shape index (κ3) is 1.45. The summed E-state index contributed by atoms with van der Waals surface area (Å²) in [6.07, 6.45) is 9.72. The highest BCUT2D eigenvalue weighted by Crippen LogP contribution is 2.60. The molecule has 0 unspecified atom stereocenters. The number of aromatic amines is 2. The third-order valence-electron chi connectivity index (χ3n) is 5.65. The zero-order chi connectivity index (χ0) is 13.2. The van der Waals surface area contributed by atoms with Crippen LogP contribution < -0.4 is 0 Å². The predicted molar refractivity (Wildman–Crippen MR) is 71.6 cm³/mol. The van der Waals surface area contributed by atoms with Crippen LogP contribution in [0.3, 0.4) is 0 Å². The van der Waals surface area contributed by atoms with E-state index in [1.807, 2.05) is 0 Å². The van der Waals surface area contributed by atoms with Gasteiger partial charge in [-0.15, -0.1) is 5.10 Å². The molecule has 0 amide bonds. The second kappa shape index (κ2) is 3.68. The van der Waals surface area contributed by atoms with Crippen molar-refractivity contribution in [2.75, 3.05) is 0 Å². The Morgan fingerprint density at radius 3 is 2.30 bits per heavy atom. The molecule has 4 fully saturated rings. The number of aromatic nitrogens is 6. The van der Waals surface area contributed by atoms with Crippen LogP contribution in [-0.2, 0) is 5.41 Å². The Morgan fingerprint density at radius 2 is 1.70 bits per heavy atom. The van der Waals surface area contributed by atoms with Crippen LogP contribution in [-0.4, -0.2) is 30.4 Å². The van der Waals surface area contributed by atoms with E-state index in [2.05, 4.69) is 25.4 Å². The molecule has 20 heavy (non-hydrogen) atoms. The lowest BCUT2D eigenvalue weighted by Crippen LogP contribution is -2.49. The Balaban J connectivity index is 1.54. The normalized spacial score (nSPS) is 38.5. The van der Waals surface area contributed by atoms with Crippen LogP contribution >= 0.6 is 0 Å². The van der Waals surface area contributed by atoms with Crippen LogP contribution in [0.5, 0.6) is 0 Å². The molecule has 2 N–H and O–H groups in total. The average Bonchev–Trinajstić information content (AvgIpc) is 3.09. The molecule has 0 aliphatic heterocycles. The minimum atomic E-state index is 0.264. The summed E-state index contributed by atoms with van der Waals surface area (Å²) in [6, 6.07) is 0. The second-order valence-electron chi connectivity index (χ2n) is 7.04. The molecular weight excluding hydrogens is 252 g/mol. The van der Waals surface area contributed by atoms with Crippen molar-refractivity contribution in [1.29, 1.82) is 0 Å². The van der Waals surface area contributed by atoms with Gasteiger partial charge in [0, 0.05) is 5.41 Å². The molecule has 4 aliphatic rings.